The molecular formula is C8H10ClNO3. The second-order valence-corrected chi connectivity index (χ2v) is 2.41. The first-order chi connectivity index (χ1) is 6.22. The highest BCUT2D eigenvalue weighted by Crippen LogP contribution is 1.91. The van der Waals surface area contributed by atoms with E-state index in [0.29, 0.717) is 12.5 Å². The Morgan fingerprint density at radius 1 is 1.46 bits per heavy atom. The van der Waals surface area contributed by atoms with E-state index in [4.69, 9.17) is 21.6 Å². The van der Waals surface area contributed by atoms with Gasteiger partial charge in [0.15, 0.2) is 0 Å². The van der Waals surface area contributed by atoms with Crippen molar-refractivity contribution in [3.05, 3.63) is 12.2 Å². The molecule has 4 nitrogen and oxygen atoms in total. The van der Waals surface area contributed by atoms with Gasteiger partial charge in [-0.1, -0.05) is 6.58 Å². The lowest BCUT2D eigenvalue weighted by molar-refractivity contribution is -0.139. The Morgan fingerprint density at radius 3 is 2.69 bits per heavy atom. The van der Waals surface area contributed by atoms with Crippen LogP contribution in [0.25, 0.3) is 0 Å². The molecule has 0 saturated heterocycles. The van der Waals surface area contributed by atoms with Crippen molar-refractivity contribution in [3.63, 3.8) is 0 Å². The number of rotatable bonds is 6. The maximum Gasteiger partial charge on any atom is 0.348 e. The molecule has 72 valence electrons. The van der Waals surface area contributed by atoms with Crippen LogP contribution in [0.5, 0.6) is 0 Å². The van der Waals surface area contributed by atoms with Crippen LogP contribution in [-0.4, -0.2) is 31.7 Å². The Hall–Kier alpha value is -1.05. The fourth-order valence-electron chi connectivity index (χ4n) is 0.483. The lowest BCUT2D eigenvalue weighted by atomic mass is 10.3. The number of nitriles is 1. The number of alkyl halides is 1. The molecule has 0 spiro atoms. The van der Waals surface area contributed by atoms with Gasteiger partial charge in [0, 0.05) is 5.88 Å². The molecule has 0 aromatic carbocycles. The molecule has 0 aromatic heterocycles. The van der Waals surface area contributed by atoms with Crippen LogP contribution in [0.4, 0.5) is 0 Å². The summed E-state index contributed by atoms with van der Waals surface area (Å²) in [6.07, 6.45) is 0. The predicted molar refractivity (Wildman–Crippen MR) is 47.3 cm³/mol. The SMILES string of the molecule is C=C(C#N)C(=O)OCCOCCCl. The lowest BCUT2D eigenvalue weighted by Crippen LogP contribution is -2.12. The monoisotopic (exact) mass is 203 g/mol. The van der Waals surface area contributed by atoms with E-state index in [0.717, 1.165) is 0 Å². The number of halogens is 1. The molecule has 0 radical (unpaired) electrons. The highest BCUT2D eigenvalue weighted by atomic mass is 35.5. The van der Waals surface area contributed by atoms with Gasteiger partial charge in [-0.3, -0.25) is 0 Å². The van der Waals surface area contributed by atoms with Crippen LogP contribution in [0.2, 0.25) is 0 Å². The minimum Gasteiger partial charge on any atom is -0.459 e. The Kier molecular flexibility index (Phi) is 6.98. The van der Waals surface area contributed by atoms with Crippen LogP contribution in [0, 0.1) is 11.3 Å². The van der Waals surface area contributed by atoms with Gasteiger partial charge < -0.3 is 9.47 Å². The Bertz CT molecular complexity index is 222. The second kappa shape index (κ2) is 7.59. The molecule has 0 saturated carbocycles. The molecule has 5 heteroatoms. The summed E-state index contributed by atoms with van der Waals surface area (Å²) in [5, 5.41) is 8.25. The molecule has 0 bridgehead atoms. The number of hydrogen-bond donors (Lipinski definition) is 0. The van der Waals surface area contributed by atoms with Crippen LogP contribution in [0.3, 0.4) is 0 Å². The van der Waals surface area contributed by atoms with Crippen molar-refractivity contribution in [1.82, 2.24) is 0 Å². The summed E-state index contributed by atoms with van der Waals surface area (Å²) < 4.78 is 9.54. The smallest absolute Gasteiger partial charge is 0.348 e. The molecule has 13 heavy (non-hydrogen) atoms. The summed E-state index contributed by atoms with van der Waals surface area (Å²) in [6.45, 7) is 3.99. The van der Waals surface area contributed by atoms with E-state index in [1.807, 2.05) is 0 Å². The summed E-state index contributed by atoms with van der Waals surface area (Å²) in [5.41, 5.74) is -0.211. The molecule has 0 N–H and O–H groups in total. The second-order valence-electron chi connectivity index (χ2n) is 2.03. The van der Waals surface area contributed by atoms with E-state index in [9.17, 15) is 4.79 Å². The summed E-state index contributed by atoms with van der Waals surface area (Å²) in [6, 6.07) is 1.59. The molecule has 0 aromatic rings. The van der Waals surface area contributed by atoms with Crippen LogP contribution >= 0.6 is 11.6 Å². The van der Waals surface area contributed by atoms with Gasteiger partial charge in [-0.05, 0) is 0 Å². The van der Waals surface area contributed by atoms with Crippen molar-refractivity contribution in [1.29, 1.82) is 5.26 Å². The summed E-state index contributed by atoms with van der Waals surface area (Å²) in [7, 11) is 0. The quantitative estimate of drug-likeness (QED) is 0.211. The Labute approximate surface area is 81.7 Å². The van der Waals surface area contributed by atoms with Crippen LogP contribution < -0.4 is 0 Å². The number of nitrogens with zero attached hydrogens (tertiary/aromatic N) is 1. The zero-order valence-corrected chi connectivity index (χ0v) is 7.84. The lowest BCUT2D eigenvalue weighted by Gasteiger charge is -2.02. The summed E-state index contributed by atoms with van der Waals surface area (Å²) in [4.78, 5) is 10.8. The van der Waals surface area contributed by atoms with Gasteiger partial charge in [-0.15, -0.1) is 11.6 Å². The molecule has 0 aliphatic carbocycles. The number of hydrogen-bond acceptors (Lipinski definition) is 4. The number of ether oxygens (including phenoxy) is 2. The topological polar surface area (TPSA) is 59.3 Å². The Balaban J connectivity index is 3.39. The van der Waals surface area contributed by atoms with Crippen molar-refractivity contribution in [2.75, 3.05) is 25.7 Å². The first-order valence-corrected chi connectivity index (χ1v) is 4.15. The first-order valence-electron chi connectivity index (χ1n) is 3.62. The largest absolute Gasteiger partial charge is 0.459 e. The first kappa shape index (κ1) is 11.9. The van der Waals surface area contributed by atoms with E-state index in [-0.39, 0.29) is 18.8 Å². The number of esters is 1. The molecular weight excluding hydrogens is 194 g/mol. The van der Waals surface area contributed by atoms with Crippen LogP contribution in [-0.2, 0) is 14.3 Å². The van der Waals surface area contributed by atoms with Gasteiger partial charge >= 0.3 is 5.97 Å². The third kappa shape index (κ3) is 6.14. The average molecular weight is 204 g/mol. The highest BCUT2D eigenvalue weighted by molar-refractivity contribution is 6.17. The molecule has 0 amide bonds. The zero-order valence-electron chi connectivity index (χ0n) is 7.09. The zero-order chi connectivity index (χ0) is 10.1. The summed E-state index contributed by atoms with van der Waals surface area (Å²) in [5.74, 6) is -0.309. The van der Waals surface area contributed by atoms with Gasteiger partial charge in [0.05, 0.1) is 13.2 Å². The van der Waals surface area contributed by atoms with Crippen molar-refractivity contribution < 1.29 is 14.3 Å². The van der Waals surface area contributed by atoms with Crippen molar-refractivity contribution in [2.45, 2.75) is 0 Å². The minimum absolute atomic E-state index is 0.108. The van der Waals surface area contributed by atoms with E-state index in [2.05, 4.69) is 11.3 Å². The standard InChI is InChI=1S/C8H10ClNO3/c1-7(6-10)8(11)13-5-4-12-3-2-9/h1-5H2. The van der Waals surface area contributed by atoms with Crippen molar-refractivity contribution in [3.8, 4) is 6.07 Å². The highest BCUT2D eigenvalue weighted by Gasteiger charge is 2.05. The number of carbonyl (C=O) groups excluding carboxylic acids is 1. The maximum absolute atomic E-state index is 10.8. The van der Waals surface area contributed by atoms with Gasteiger partial charge in [0.1, 0.15) is 18.2 Å². The van der Waals surface area contributed by atoms with Gasteiger partial charge in [0.25, 0.3) is 0 Å². The molecule has 0 aliphatic heterocycles. The van der Waals surface area contributed by atoms with Crippen molar-refractivity contribution >= 4 is 17.6 Å². The fourth-order valence-corrected chi connectivity index (χ4v) is 0.592. The van der Waals surface area contributed by atoms with Crippen LogP contribution in [0.1, 0.15) is 0 Å². The third-order valence-corrected chi connectivity index (χ3v) is 1.22. The molecule has 0 fully saturated rings. The number of carbonyl (C=O) groups is 1. The molecule has 0 unspecified atom stereocenters. The minimum atomic E-state index is -0.711. The molecule has 0 rings (SSSR count). The van der Waals surface area contributed by atoms with Gasteiger partial charge in [-0.2, -0.15) is 5.26 Å². The van der Waals surface area contributed by atoms with Gasteiger partial charge in [0.2, 0.25) is 0 Å². The van der Waals surface area contributed by atoms with Gasteiger partial charge in [-0.25, -0.2) is 4.79 Å². The van der Waals surface area contributed by atoms with Crippen LogP contribution in [0.15, 0.2) is 12.2 Å². The maximum atomic E-state index is 10.8. The molecule has 0 aliphatic rings. The van der Waals surface area contributed by atoms with E-state index in [1.54, 1.807) is 6.07 Å². The van der Waals surface area contributed by atoms with E-state index in [1.165, 1.54) is 0 Å². The fraction of sp³-hybridized carbons (Fsp3) is 0.500. The molecule has 0 atom stereocenters. The molecule has 0 heterocycles. The normalized spacial score (nSPS) is 8.92. The Morgan fingerprint density at radius 2 is 2.15 bits per heavy atom. The summed E-state index contributed by atoms with van der Waals surface area (Å²) >= 11 is 5.33. The third-order valence-electron chi connectivity index (χ3n) is 1.06. The van der Waals surface area contributed by atoms with Crippen molar-refractivity contribution in [2.24, 2.45) is 0 Å². The van der Waals surface area contributed by atoms with E-state index >= 15 is 0 Å². The average Bonchev–Trinajstić information content (AvgIpc) is 2.16. The predicted octanol–water partition coefficient (Wildman–Crippen LogP) is 0.865. The van der Waals surface area contributed by atoms with E-state index < -0.39 is 5.97 Å².